The highest BCUT2D eigenvalue weighted by Crippen LogP contribution is 2.29. The van der Waals surface area contributed by atoms with Gasteiger partial charge in [0.15, 0.2) is 0 Å². The number of rotatable bonds is 4. The highest BCUT2D eigenvalue weighted by Gasteiger charge is 2.26. The summed E-state index contributed by atoms with van der Waals surface area (Å²) < 4.78 is 41.4. The van der Waals surface area contributed by atoms with Crippen LogP contribution < -0.4 is 0 Å². The third-order valence-electron chi connectivity index (χ3n) is 4.31. The van der Waals surface area contributed by atoms with Crippen LogP contribution in [0.1, 0.15) is 31.9 Å². The average molecular weight is 413 g/mol. The van der Waals surface area contributed by atoms with Gasteiger partial charge in [0.25, 0.3) is 0 Å². The van der Waals surface area contributed by atoms with Gasteiger partial charge in [-0.25, -0.2) is 4.79 Å². The molecule has 1 aliphatic rings. The molecule has 0 aliphatic carbocycles. The Balaban J connectivity index is 2.13. The molecular formula is C17H24FN5O4S. The van der Waals surface area contributed by atoms with E-state index >= 15 is 0 Å². The Morgan fingerprint density at radius 3 is 2.39 bits per heavy atom. The van der Waals surface area contributed by atoms with Crippen LogP contribution in [0.3, 0.4) is 0 Å². The van der Waals surface area contributed by atoms with Gasteiger partial charge < -0.3 is 9.64 Å². The second-order valence-electron chi connectivity index (χ2n) is 7.60. The largest absolute Gasteiger partial charge is 0.444 e. The van der Waals surface area contributed by atoms with Crippen LogP contribution >= 0.6 is 0 Å². The first kappa shape index (κ1) is 21.9. The van der Waals surface area contributed by atoms with Gasteiger partial charge in [0.2, 0.25) is 0 Å². The quantitative estimate of drug-likeness (QED) is 0.323. The van der Waals surface area contributed by atoms with Crippen molar-refractivity contribution < 1.29 is 21.8 Å². The normalized spacial score (nSPS) is 15.8. The van der Waals surface area contributed by atoms with Crippen molar-refractivity contribution in [1.29, 1.82) is 0 Å². The van der Waals surface area contributed by atoms with Crippen molar-refractivity contribution in [3.05, 3.63) is 33.7 Å². The molecule has 1 aromatic carbocycles. The Hall–Kier alpha value is -2.36. The lowest BCUT2D eigenvalue weighted by Crippen LogP contribution is -2.49. The van der Waals surface area contributed by atoms with E-state index in [2.05, 4.69) is 10.0 Å². The van der Waals surface area contributed by atoms with Crippen LogP contribution in [0.5, 0.6) is 0 Å². The van der Waals surface area contributed by atoms with Gasteiger partial charge in [-0.1, -0.05) is 5.11 Å². The van der Waals surface area contributed by atoms with Crippen LogP contribution in [0, 0.1) is 6.92 Å². The van der Waals surface area contributed by atoms with Crippen LogP contribution in [-0.4, -0.2) is 56.1 Å². The van der Waals surface area contributed by atoms with Gasteiger partial charge in [0, 0.05) is 43.3 Å². The number of hydrogen-bond donors (Lipinski definition) is 0. The lowest BCUT2D eigenvalue weighted by atomic mass is 10.1. The number of ether oxygens (including phenoxy) is 1. The number of carbonyl (C=O) groups excluding carboxylic acids is 1. The van der Waals surface area contributed by atoms with Crippen LogP contribution in [0.4, 0.5) is 14.4 Å². The molecule has 0 saturated carbocycles. The number of nitrogens with zero attached hydrogens (tertiary/aromatic N) is 5. The lowest BCUT2D eigenvalue weighted by Gasteiger charge is -2.35. The van der Waals surface area contributed by atoms with E-state index in [1.54, 1.807) is 32.6 Å². The third kappa shape index (κ3) is 5.82. The molecular weight excluding hydrogens is 389 g/mol. The summed E-state index contributed by atoms with van der Waals surface area (Å²) in [6.07, 6.45) is -0.375. The molecule has 0 atom stereocenters. The maximum Gasteiger partial charge on any atom is 0.410 e. The van der Waals surface area contributed by atoms with E-state index in [-0.39, 0.29) is 11.8 Å². The van der Waals surface area contributed by atoms with Gasteiger partial charge in [-0.15, -0.1) is 3.89 Å². The third-order valence-corrected chi connectivity index (χ3v) is 5.11. The minimum Gasteiger partial charge on any atom is -0.444 e. The van der Waals surface area contributed by atoms with Crippen LogP contribution in [0.15, 0.2) is 22.1 Å². The van der Waals surface area contributed by atoms with Crippen LogP contribution in [0.25, 0.3) is 10.4 Å². The van der Waals surface area contributed by atoms with Crippen molar-refractivity contribution in [1.82, 2.24) is 9.80 Å². The first-order valence-electron chi connectivity index (χ1n) is 8.74. The number of piperazine rings is 1. The molecule has 0 bridgehead atoms. The van der Waals surface area contributed by atoms with Crippen molar-refractivity contribution in [2.45, 2.75) is 44.7 Å². The van der Waals surface area contributed by atoms with Crippen molar-refractivity contribution in [2.24, 2.45) is 5.11 Å². The molecule has 1 heterocycles. The Morgan fingerprint density at radius 2 is 1.89 bits per heavy atom. The van der Waals surface area contributed by atoms with Gasteiger partial charge in [-0.05, 0) is 56.5 Å². The molecule has 0 aromatic heterocycles. The molecule has 154 valence electrons. The van der Waals surface area contributed by atoms with Crippen LogP contribution in [0.2, 0.25) is 0 Å². The highest BCUT2D eigenvalue weighted by molar-refractivity contribution is 7.86. The molecule has 9 nitrogen and oxygen atoms in total. The SMILES string of the molecule is Cc1c(CN2CCN(C(=O)OC(C)(C)C)CC2)cc(S(=O)(=O)F)cc1N=[N+]=[N-]. The molecule has 0 N–H and O–H groups in total. The molecule has 1 fully saturated rings. The molecule has 11 heteroatoms. The topological polar surface area (TPSA) is 116 Å². The van der Waals surface area contributed by atoms with Crippen LogP contribution in [-0.2, 0) is 21.5 Å². The van der Waals surface area contributed by atoms with Crippen molar-refractivity contribution in [2.75, 3.05) is 26.2 Å². The predicted octanol–water partition coefficient (Wildman–Crippen LogP) is 3.65. The first-order valence-corrected chi connectivity index (χ1v) is 10.1. The maximum absolute atomic E-state index is 13.5. The summed E-state index contributed by atoms with van der Waals surface area (Å²) in [7, 11) is -4.93. The average Bonchev–Trinajstić information content (AvgIpc) is 2.56. The minimum absolute atomic E-state index is 0.0728. The fourth-order valence-corrected chi connectivity index (χ4v) is 3.38. The van der Waals surface area contributed by atoms with E-state index in [0.717, 1.165) is 6.07 Å². The van der Waals surface area contributed by atoms with E-state index in [9.17, 15) is 17.1 Å². The Morgan fingerprint density at radius 1 is 1.29 bits per heavy atom. The molecule has 0 spiro atoms. The van der Waals surface area contributed by atoms with E-state index in [4.69, 9.17) is 10.3 Å². The second kappa shape index (κ2) is 8.34. The maximum atomic E-state index is 13.5. The van der Waals surface area contributed by atoms with Gasteiger partial charge >= 0.3 is 16.3 Å². The Labute approximate surface area is 163 Å². The summed E-state index contributed by atoms with van der Waals surface area (Å²) in [6, 6.07) is 2.27. The summed E-state index contributed by atoms with van der Waals surface area (Å²) in [6.45, 7) is 9.43. The molecule has 0 unspecified atom stereocenters. The molecule has 1 amide bonds. The van der Waals surface area contributed by atoms with E-state index in [1.165, 1.54) is 6.07 Å². The summed E-state index contributed by atoms with van der Waals surface area (Å²) in [5, 5.41) is 3.46. The molecule has 1 aromatic rings. The molecule has 28 heavy (non-hydrogen) atoms. The zero-order valence-corrected chi connectivity index (χ0v) is 17.2. The van der Waals surface area contributed by atoms with Gasteiger partial charge in [0.1, 0.15) is 5.60 Å². The molecule has 1 aliphatic heterocycles. The van der Waals surface area contributed by atoms with Crippen molar-refractivity contribution in [3.63, 3.8) is 0 Å². The number of carbonyl (C=O) groups is 1. The standard InChI is InChI=1S/C17H24FN5O4S/c1-12-13(9-14(28(18,25)26)10-15(12)20-21-19)11-22-5-7-23(8-6-22)16(24)27-17(2,3)4/h9-10H,5-8,11H2,1-4H3. The monoisotopic (exact) mass is 413 g/mol. The van der Waals surface area contributed by atoms with Gasteiger partial charge in [0.05, 0.1) is 4.90 Å². The zero-order valence-electron chi connectivity index (χ0n) is 16.3. The van der Waals surface area contributed by atoms with E-state index in [0.29, 0.717) is 43.9 Å². The fourth-order valence-electron chi connectivity index (χ4n) is 2.84. The predicted molar refractivity (Wildman–Crippen MR) is 101 cm³/mol. The molecule has 0 radical (unpaired) electrons. The molecule has 2 rings (SSSR count). The Bertz CT molecular complexity index is 899. The zero-order chi connectivity index (χ0) is 21.1. The summed E-state index contributed by atoms with van der Waals surface area (Å²) in [4.78, 5) is 17.9. The van der Waals surface area contributed by atoms with E-state index in [1.807, 2.05) is 4.90 Å². The van der Waals surface area contributed by atoms with Crippen molar-refractivity contribution >= 4 is 22.0 Å². The fraction of sp³-hybridized carbons (Fsp3) is 0.588. The highest BCUT2D eigenvalue weighted by atomic mass is 32.3. The number of amides is 1. The smallest absolute Gasteiger partial charge is 0.410 e. The molecule has 1 saturated heterocycles. The lowest BCUT2D eigenvalue weighted by molar-refractivity contribution is 0.0139. The first-order chi connectivity index (χ1) is 12.9. The van der Waals surface area contributed by atoms with Crippen molar-refractivity contribution in [3.8, 4) is 0 Å². The number of benzene rings is 1. The van der Waals surface area contributed by atoms with Gasteiger partial charge in [-0.2, -0.15) is 8.42 Å². The van der Waals surface area contributed by atoms with E-state index < -0.39 is 20.7 Å². The number of halogens is 1. The summed E-state index contributed by atoms with van der Waals surface area (Å²) >= 11 is 0. The Kier molecular flexibility index (Phi) is 6.53. The summed E-state index contributed by atoms with van der Waals surface area (Å²) in [5.74, 6) is 0. The van der Waals surface area contributed by atoms with Gasteiger partial charge in [-0.3, -0.25) is 4.90 Å². The number of hydrogen-bond acceptors (Lipinski definition) is 6. The summed E-state index contributed by atoms with van der Waals surface area (Å²) in [5.41, 5.74) is 9.30. The second-order valence-corrected chi connectivity index (χ2v) is 8.94. The minimum atomic E-state index is -4.93. The number of azide groups is 1.